The number of fused-ring (bicyclic) bond motifs is 2. The highest BCUT2D eigenvalue weighted by Gasteiger charge is 2.47. The number of carboxylic acids is 1. The quantitative estimate of drug-likeness (QED) is 0.378. The van der Waals surface area contributed by atoms with Crippen LogP contribution >= 0.6 is 0 Å². The molecule has 0 bridgehead atoms. The highest BCUT2D eigenvalue weighted by Crippen LogP contribution is 2.36. The Morgan fingerprint density at radius 2 is 1.66 bits per heavy atom. The van der Waals surface area contributed by atoms with Gasteiger partial charge in [0.2, 0.25) is 11.8 Å². The monoisotopic (exact) mass is 623 g/mol. The molecule has 1 atom stereocenters. The lowest BCUT2D eigenvalue weighted by Crippen LogP contribution is -2.54. The average Bonchev–Trinajstić information content (AvgIpc) is 3.33. The fourth-order valence-electron chi connectivity index (χ4n) is 5.82. The Balaban J connectivity index is 0.000000493. The predicted molar refractivity (Wildman–Crippen MR) is 142 cm³/mol. The van der Waals surface area contributed by atoms with E-state index in [0.717, 1.165) is 42.4 Å². The number of halogens is 4. The molecule has 4 aliphatic heterocycles. The van der Waals surface area contributed by atoms with E-state index in [1.54, 1.807) is 4.90 Å². The van der Waals surface area contributed by atoms with Crippen molar-refractivity contribution < 1.29 is 46.6 Å². The molecule has 44 heavy (non-hydrogen) atoms. The smallest absolute Gasteiger partial charge is 0.475 e. The molecule has 4 aliphatic rings. The Morgan fingerprint density at radius 1 is 0.955 bits per heavy atom. The number of piperidine rings is 1. The Bertz CT molecular complexity index is 1500. The first-order valence-corrected chi connectivity index (χ1v) is 14.1. The van der Waals surface area contributed by atoms with Gasteiger partial charge in [0.1, 0.15) is 23.5 Å². The van der Waals surface area contributed by atoms with E-state index in [-0.39, 0.29) is 29.7 Å². The third-order valence-electron chi connectivity index (χ3n) is 8.01. The van der Waals surface area contributed by atoms with Gasteiger partial charge in [0.05, 0.1) is 23.4 Å². The van der Waals surface area contributed by atoms with Gasteiger partial charge in [-0.15, -0.1) is 10.2 Å². The van der Waals surface area contributed by atoms with Crippen molar-refractivity contribution in [3.05, 3.63) is 40.7 Å². The van der Waals surface area contributed by atoms with Crippen molar-refractivity contribution >= 4 is 35.3 Å². The molecule has 0 spiro atoms. The number of piperazine rings is 1. The van der Waals surface area contributed by atoms with E-state index < -0.39 is 47.6 Å². The molecule has 2 fully saturated rings. The second-order valence-electron chi connectivity index (χ2n) is 10.8. The van der Waals surface area contributed by atoms with Gasteiger partial charge in [-0.05, 0) is 31.4 Å². The molecule has 2 saturated heterocycles. The number of aromatic nitrogens is 3. The van der Waals surface area contributed by atoms with Gasteiger partial charge < -0.3 is 14.6 Å². The van der Waals surface area contributed by atoms with Crippen molar-refractivity contribution in [3.63, 3.8) is 0 Å². The van der Waals surface area contributed by atoms with Crippen LogP contribution in [-0.4, -0.2) is 97.7 Å². The maximum absolute atomic E-state index is 15.2. The first kappa shape index (κ1) is 31.0. The number of nitrogens with zero attached hydrogens (tertiary/aromatic N) is 6. The Morgan fingerprint density at radius 3 is 2.32 bits per heavy atom. The summed E-state index contributed by atoms with van der Waals surface area (Å²) in [5, 5.41) is 18.1. The number of amides is 4. The SMILES string of the molecule is O=C(O)C(F)(F)F.O=C1CCC(N2C(=O)c3ccc(F)c(N4CCN(Cc5nnc6n5CCCCC6)CC4)c3C2=O)C(=O)N1. The number of carbonyl (C=O) groups excluding carboxylic acids is 4. The molecule has 1 aromatic heterocycles. The molecule has 2 N–H and O–H groups in total. The van der Waals surface area contributed by atoms with Crippen LogP contribution in [-0.2, 0) is 33.9 Å². The number of benzene rings is 1. The van der Waals surface area contributed by atoms with E-state index in [9.17, 15) is 32.3 Å². The van der Waals surface area contributed by atoms with Crippen molar-refractivity contribution in [2.24, 2.45) is 0 Å². The third kappa shape index (κ3) is 6.13. The van der Waals surface area contributed by atoms with Crippen LogP contribution < -0.4 is 10.2 Å². The zero-order valence-electron chi connectivity index (χ0n) is 23.4. The third-order valence-corrected chi connectivity index (χ3v) is 8.01. The number of aryl methyl sites for hydroxylation is 1. The van der Waals surface area contributed by atoms with Crippen molar-refractivity contribution in [3.8, 4) is 0 Å². The molecule has 0 saturated carbocycles. The summed E-state index contributed by atoms with van der Waals surface area (Å²) in [6.45, 7) is 3.77. The number of anilines is 1. The maximum atomic E-state index is 15.2. The molecule has 1 unspecified atom stereocenters. The summed E-state index contributed by atoms with van der Waals surface area (Å²) in [5.74, 6) is -3.82. The molecule has 1 aromatic carbocycles. The fourth-order valence-corrected chi connectivity index (χ4v) is 5.82. The zero-order valence-corrected chi connectivity index (χ0v) is 23.4. The molecule has 6 rings (SSSR count). The number of hydrogen-bond acceptors (Lipinski definition) is 9. The molecule has 17 heteroatoms. The van der Waals surface area contributed by atoms with Crippen molar-refractivity contribution in [2.45, 2.75) is 63.8 Å². The Labute approximate surface area is 247 Å². The van der Waals surface area contributed by atoms with Crippen LogP contribution in [0.25, 0.3) is 0 Å². The van der Waals surface area contributed by atoms with Crippen LogP contribution in [0.5, 0.6) is 0 Å². The second-order valence-corrected chi connectivity index (χ2v) is 10.8. The molecule has 13 nitrogen and oxygen atoms in total. The zero-order chi connectivity index (χ0) is 31.8. The summed E-state index contributed by atoms with van der Waals surface area (Å²) in [5.41, 5.74) is 0.173. The lowest BCUT2D eigenvalue weighted by Gasteiger charge is -2.36. The van der Waals surface area contributed by atoms with Gasteiger partial charge in [0.25, 0.3) is 11.8 Å². The van der Waals surface area contributed by atoms with Gasteiger partial charge in [0.15, 0.2) is 0 Å². The first-order chi connectivity index (χ1) is 20.9. The number of hydrogen-bond donors (Lipinski definition) is 2. The van der Waals surface area contributed by atoms with Gasteiger partial charge in [0, 0.05) is 45.6 Å². The van der Waals surface area contributed by atoms with Crippen LogP contribution in [0.2, 0.25) is 0 Å². The van der Waals surface area contributed by atoms with Crippen LogP contribution in [0.3, 0.4) is 0 Å². The molecule has 0 aliphatic carbocycles. The second kappa shape index (κ2) is 12.3. The summed E-state index contributed by atoms with van der Waals surface area (Å²) in [7, 11) is 0. The minimum atomic E-state index is -5.08. The minimum Gasteiger partial charge on any atom is -0.475 e. The number of alkyl halides is 3. The molecule has 0 radical (unpaired) electrons. The number of nitrogens with one attached hydrogen (secondary N) is 1. The van der Waals surface area contributed by atoms with Gasteiger partial charge in [-0.2, -0.15) is 13.2 Å². The summed E-state index contributed by atoms with van der Waals surface area (Å²) >= 11 is 0. The van der Waals surface area contributed by atoms with Crippen molar-refractivity contribution in [1.29, 1.82) is 0 Å². The average molecular weight is 624 g/mol. The normalized spacial score (nSPS) is 20.9. The molecule has 5 heterocycles. The van der Waals surface area contributed by atoms with E-state index in [2.05, 4.69) is 25.0 Å². The number of imide groups is 2. The molecular weight excluding hydrogens is 594 g/mol. The molecule has 2 aromatic rings. The van der Waals surface area contributed by atoms with Gasteiger partial charge >= 0.3 is 12.1 Å². The van der Waals surface area contributed by atoms with Gasteiger partial charge in [-0.3, -0.25) is 34.3 Å². The number of rotatable bonds is 4. The van der Waals surface area contributed by atoms with Crippen LogP contribution in [0, 0.1) is 5.82 Å². The lowest BCUT2D eigenvalue weighted by molar-refractivity contribution is -0.192. The lowest BCUT2D eigenvalue weighted by atomic mass is 10.0. The molecular formula is C27H29F4N7O6. The fraction of sp³-hybridized carbons (Fsp3) is 0.519. The van der Waals surface area contributed by atoms with E-state index in [4.69, 9.17) is 9.90 Å². The van der Waals surface area contributed by atoms with Crippen molar-refractivity contribution in [2.75, 3.05) is 31.1 Å². The largest absolute Gasteiger partial charge is 0.490 e. The van der Waals surface area contributed by atoms with Gasteiger partial charge in [-0.1, -0.05) is 6.42 Å². The number of aliphatic carboxylic acids is 1. The van der Waals surface area contributed by atoms with Crippen LogP contribution in [0.4, 0.5) is 23.2 Å². The topological polar surface area (TPSA) is 158 Å². The maximum Gasteiger partial charge on any atom is 0.490 e. The number of carbonyl (C=O) groups is 5. The Kier molecular flexibility index (Phi) is 8.67. The van der Waals surface area contributed by atoms with E-state index in [1.165, 1.54) is 18.6 Å². The van der Waals surface area contributed by atoms with E-state index in [0.29, 0.717) is 32.7 Å². The highest BCUT2D eigenvalue weighted by atomic mass is 19.4. The molecule has 4 amide bonds. The number of carboxylic acid groups (broad SMARTS) is 1. The summed E-state index contributed by atoms with van der Waals surface area (Å²) in [4.78, 5) is 64.3. The standard InChI is InChI=1S/C25H28FN7O4.C2HF3O2/c26-16-6-5-15-21(25(37)33(24(15)36)17-7-8-20(34)27-23(17)35)22(16)31-12-10-30(11-13-31)14-19-29-28-18-4-2-1-3-9-32(18)19;3-2(4,5)1(6)7/h5-6,17H,1-4,7-14H2,(H,27,34,35);(H,6,7). The minimum absolute atomic E-state index is 0.00840. The Hall–Kier alpha value is -4.41. The summed E-state index contributed by atoms with van der Waals surface area (Å²) in [6.07, 6.45) is -0.613. The molecule has 236 valence electrons. The van der Waals surface area contributed by atoms with Crippen LogP contribution in [0.15, 0.2) is 12.1 Å². The summed E-state index contributed by atoms with van der Waals surface area (Å²) in [6, 6.07) is 1.41. The first-order valence-electron chi connectivity index (χ1n) is 14.1. The summed E-state index contributed by atoms with van der Waals surface area (Å²) < 4.78 is 49.1. The van der Waals surface area contributed by atoms with Crippen LogP contribution in [0.1, 0.15) is 64.5 Å². The van der Waals surface area contributed by atoms with E-state index in [1.807, 2.05) is 0 Å². The van der Waals surface area contributed by atoms with E-state index >= 15 is 4.39 Å². The van der Waals surface area contributed by atoms with Gasteiger partial charge in [-0.25, -0.2) is 9.18 Å². The highest BCUT2D eigenvalue weighted by molar-refractivity contribution is 6.25. The predicted octanol–water partition coefficient (Wildman–Crippen LogP) is 1.50. The van der Waals surface area contributed by atoms with Crippen molar-refractivity contribution in [1.82, 2.24) is 29.9 Å².